The second-order valence-electron chi connectivity index (χ2n) is 8.77. The van der Waals surface area contributed by atoms with Crippen molar-refractivity contribution in [2.75, 3.05) is 7.11 Å². The smallest absolute Gasteiger partial charge is 0.340 e. The molecular weight excluding hydrogens is 424 g/mol. The molecule has 2 heterocycles. The topological polar surface area (TPSA) is 51.5 Å². The molecule has 2 aromatic carbocycles. The lowest BCUT2D eigenvalue weighted by Crippen LogP contribution is -2.28. The molecule has 0 bridgehead atoms. The lowest BCUT2D eigenvalue weighted by atomic mass is 10.0. The van der Waals surface area contributed by atoms with E-state index in [-0.39, 0.29) is 11.9 Å². The van der Waals surface area contributed by atoms with Gasteiger partial charge in [-0.15, -0.1) is 0 Å². The van der Waals surface area contributed by atoms with Crippen LogP contribution in [-0.4, -0.2) is 28.5 Å². The molecule has 0 fully saturated rings. The van der Waals surface area contributed by atoms with Crippen molar-refractivity contribution in [3.05, 3.63) is 106 Å². The first-order chi connectivity index (χ1) is 16.2. The summed E-state index contributed by atoms with van der Waals surface area (Å²) in [6.45, 7) is 9.91. The zero-order valence-electron chi connectivity index (χ0n) is 20.5. The molecule has 0 saturated heterocycles. The number of methoxy groups -OCH3 is 1. The molecule has 0 N–H and O–H groups in total. The van der Waals surface area contributed by atoms with Crippen LogP contribution in [-0.2, 0) is 14.3 Å². The van der Waals surface area contributed by atoms with Crippen molar-refractivity contribution in [2.45, 2.75) is 40.7 Å². The minimum Gasteiger partial charge on any atom is -0.465 e. The quantitative estimate of drug-likeness (QED) is 0.360. The van der Waals surface area contributed by atoms with E-state index in [4.69, 9.17) is 4.74 Å². The van der Waals surface area contributed by atoms with Crippen molar-refractivity contribution >= 4 is 18.0 Å². The fourth-order valence-corrected chi connectivity index (χ4v) is 4.80. The monoisotopic (exact) mass is 454 g/mol. The van der Waals surface area contributed by atoms with Gasteiger partial charge in [-0.1, -0.05) is 42.5 Å². The SMILES string of the molecule is COC(=O)C1=C(C)N([C@H](C)c2ccccc2)C(=O)/C1=C\c1cc(C)n(-c2cccc(C)c2)c1C. The third-order valence-corrected chi connectivity index (χ3v) is 6.53. The number of aryl methyl sites for hydroxylation is 2. The van der Waals surface area contributed by atoms with Crippen LogP contribution in [0, 0.1) is 20.8 Å². The number of nitrogens with zero attached hydrogens (tertiary/aromatic N) is 2. The van der Waals surface area contributed by atoms with Crippen LogP contribution in [0.5, 0.6) is 0 Å². The Labute approximate surface area is 201 Å². The Morgan fingerprint density at radius 1 is 0.971 bits per heavy atom. The van der Waals surface area contributed by atoms with Crippen LogP contribution in [0.2, 0.25) is 0 Å². The van der Waals surface area contributed by atoms with E-state index in [0.29, 0.717) is 16.8 Å². The molecule has 1 aliphatic heterocycles. The van der Waals surface area contributed by atoms with Gasteiger partial charge in [0.25, 0.3) is 5.91 Å². The summed E-state index contributed by atoms with van der Waals surface area (Å²) in [5, 5.41) is 0. The molecule has 1 aliphatic rings. The molecule has 34 heavy (non-hydrogen) atoms. The van der Waals surface area contributed by atoms with Crippen molar-refractivity contribution in [3.63, 3.8) is 0 Å². The van der Waals surface area contributed by atoms with Crippen molar-refractivity contribution in [1.29, 1.82) is 0 Å². The zero-order valence-corrected chi connectivity index (χ0v) is 20.5. The highest BCUT2D eigenvalue weighted by Gasteiger charge is 2.39. The summed E-state index contributed by atoms with van der Waals surface area (Å²) in [5.41, 5.74) is 7.46. The lowest BCUT2D eigenvalue weighted by molar-refractivity contribution is -0.136. The van der Waals surface area contributed by atoms with Gasteiger partial charge in [0.15, 0.2) is 0 Å². The molecule has 3 aromatic rings. The third-order valence-electron chi connectivity index (χ3n) is 6.53. The highest BCUT2D eigenvalue weighted by Crippen LogP contribution is 2.38. The molecule has 1 atom stereocenters. The molecule has 5 nitrogen and oxygen atoms in total. The molecule has 0 aliphatic carbocycles. The van der Waals surface area contributed by atoms with Gasteiger partial charge in [0.2, 0.25) is 0 Å². The number of hydrogen-bond donors (Lipinski definition) is 0. The maximum Gasteiger partial charge on any atom is 0.340 e. The minimum atomic E-state index is -0.507. The molecule has 1 amide bonds. The minimum absolute atomic E-state index is 0.199. The van der Waals surface area contributed by atoms with E-state index in [2.05, 4.69) is 29.7 Å². The maximum absolute atomic E-state index is 13.7. The predicted octanol–water partition coefficient (Wildman–Crippen LogP) is 5.84. The first-order valence-electron chi connectivity index (χ1n) is 11.4. The number of hydrogen-bond acceptors (Lipinski definition) is 3. The Balaban J connectivity index is 1.82. The Morgan fingerprint density at radius 3 is 2.32 bits per heavy atom. The summed E-state index contributed by atoms with van der Waals surface area (Å²) in [5.74, 6) is -0.707. The summed E-state index contributed by atoms with van der Waals surface area (Å²) in [4.78, 5) is 28.2. The summed E-state index contributed by atoms with van der Waals surface area (Å²) >= 11 is 0. The molecule has 0 radical (unpaired) electrons. The molecular formula is C29H30N2O3. The van der Waals surface area contributed by atoms with Crippen LogP contribution in [0.3, 0.4) is 0 Å². The van der Waals surface area contributed by atoms with Crippen LogP contribution in [0.4, 0.5) is 0 Å². The summed E-state index contributed by atoms with van der Waals surface area (Å²) in [6.07, 6.45) is 1.82. The van der Waals surface area contributed by atoms with Gasteiger partial charge >= 0.3 is 5.97 Å². The summed E-state index contributed by atoms with van der Waals surface area (Å²) < 4.78 is 7.24. The third kappa shape index (κ3) is 3.98. The molecule has 0 spiro atoms. The summed E-state index contributed by atoms with van der Waals surface area (Å²) in [7, 11) is 1.34. The number of benzene rings is 2. The van der Waals surface area contributed by atoms with Gasteiger partial charge in [-0.3, -0.25) is 4.79 Å². The number of aromatic nitrogens is 1. The van der Waals surface area contributed by atoms with E-state index in [1.165, 1.54) is 12.7 Å². The molecule has 1 aromatic heterocycles. The fraction of sp³-hybridized carbons (Fsp3) is 0.241. The second-order valence-corrected chi connectivity index (χ2v) is 8.77. The van der Waals surface area contributed by atoms with Crippen molar-refractivity contribution in [1.82, 2.24) is 9.47 Å². The van der Waals surface area contributed by atoms with E-state index in [9.17, 15) is 9.59 Å². The first kappa shape index (κ1) is 23.3. The standard InChI is InChI=1S/C29H30N2O3/c1-18-11-10-14-25(15-18)30-19(2)16-24(21(30)4)17-26-27(29(33)34-6)22(5)31(28(26)32)20(3)23-12-8-7-9-13-23/h7-17,20H,1-6H3/b26-17-/t20-/m1/s1. The molecule has 0 saturated carbocycles. The zero-order chi connectivity index (χ0) is 24.6. The second kappa shape index (κ2) is 9.18. The van der Waals surface area contributed by atoms with Crippen molar-refractivity contribution < 1.29 is 14.3 Å². The van der Waals surface area contributed by atoms with Gasteiger partial charge in [0, 0.05) is 22.8 Å². The molecule has 0 unspecified atom stereocenters. The van der Waals surface area contributed by atoms with Crippen molar-refractivity contribution in [3.8, 4) is 5.69 Å². The highest BCUT2D eigenvalue weighted by atomic mass is 16.5. The van der Waals surface area contributed by atoms with Crippen molar-refractivity contribution in [2.24, 2.45) is 0 Å². The first-order valence-corrected chi connectivity index (χ1v) is 11.4. The van der Waals surface area contributed by atoms with Gasteiger partial charge in [-0.05, 0) is 75.6 Å². The normalized spacial score (nSPS) is 15.9. The van der Waals surface area contributed by atoms with Gasteiger partial charge in [-0.25, -0.2) is 4.79 Å². The van der Waals surface area contributed by atoms with E-state index in [0.717, 1.165) is 28.2 Å². The summed E-state index contributed by atoms with van der Waals surface area (Å²) in [6, 6.07) is 19.9. The van der Waals surface area contributed by atoms with Crippen LogP contribution in [0.1, 0.15) is 48.0 Å². The fourth-order valence-electron chi connectivity index (χ4n) is 4.80. The van der Waals surface area contributed by atoms with E-state index in [1.54, 1.807) is 11.8 Å². The van der Waals surface area contributed by atoms with Crippen LogP contribution >= 0.6 is 0 Å². The van der Waals surface area contributed by atoms with E-state index < -0.39 is 5.97 Å². The van der Waals surface area contributed by atoms with Crippen LogP contribution in [0.25, 0.3) is 11.8 Å². The molecule has 174 valence electrons. The highest BCUT2D eigenvalue weighted by molar-refractivity contribution is 6.16. The average molecular weight is 455 g/mol. The average Bonchev–Trinajstić information content (AvgIpc) is 3.24. The van der Waals surface area contributed by atoms with Crippen LogP contribution < -0.4 is 0 Å². The van der Waals surface area contributed by atoms with Gasteiger partial charge in [0.05, 0.1) is 24.3 Å². The van der Waals surface area contributed by atoms with Gasteiger partial charge in [-0.2, -0.15) is 0 Å². The Morgan fingerprint density at radius 2 is 1.68 bits per heavy atom. The van der Waals surface area contributed by atoms with E-state index in [1.807, 2.05) is 69.3 Å². The largest absolute Gasteiger partial charge is 0.465 e. The van der Waals surface area contributed by atoms with Gasteiger partial charge < -0.3 is 14.2 Å². The Kier molecular flexibility index (Phi) is 6.29. The number of carbonyl (C=O) groups excluding carboxylic acids is 2. The Hall–Kier alpha value is -3.86. The number of carbonyl (C=O) groups is 2. The number of amides is 1. The number of ether oxygens (including phenoxy) is 1. The predicted molar refractivity (Wildman–Crippen MR) is 134 cm³/mol. The molecule has 4 rings (SSSR count). The maximum atomic E-state index is 13.7. The van der Waals surface area contributed by atoms with Gasteiger partial charge in [0.1, 0.15) is 0 Å². The number of rotatable bonds is 5. The van der Waals surface area contributed by atoms with Crippen LogP contribution in [0.15, 0.2) is 77.5 Å². The van der Waals surface area contributed by atoms with E-state index >= 15 is 0 Å². The Bertz CT molecular complexity index is 1330. The number of esters is 1. The molecule has 5 heteroatoms. The number of allylic oxidation sites excluding steroid dienone is 1. The lowest BCUT2D eigenvalue weighted by Gasteiger charge is -2.26.